The summed E-state index contributed by atoms with van der Waals surface area (Å²) in [6.07, 6.45) is -3.84. The fraction of sp³-hybridized carbons (Fsp3) is 0.423. The van der Waals surface area contributed by atoms with E-state index in [-0.39, 0.29) is 44.8 Å². The maximum Gasteiger partial charge on any atom is 0.416 e. The second kappa shape index (κ2) is 11.8. The van der Waals surface area contributed by atoms with Crippen molar-refractivity contribution < 1.29 is 26.4 Å². The molecule has 3 N–H and O–H groups in total. The maximum absolute atomic E-state index is 14.3. The summed E-state index contributed by atoms with van der Waals surface area (Å²) < 4.78 is 68.9. The fourth-order valence-corrected chi connectivity index (χ4v) is 6.75. The number of alkyl halides is 3. The second-order valence-electron chi connectivity index (χ2n) is 9.83. The van der Waals surface area contributed by atoms with Crippen molar-refractivity contribution in [2.75, 3.05) is 12.3 Å². The first-order chi connectivity index (χ1) is 19.1. The van der Waals surface area contributed by atoms with Gasteiger partial charge in [0.15, 0.2) is 9.84 Å². The molecular formula is C26H27Cl2F3N4O5S. The third-order valence-corrected chi connectivity index (χ3v) is 9.57. The number of amides is 1. The molecule has 1 amide bonds. The van der Waals surface area contributed by atoms with Gasteiger partial charge in [0, 0.05) is 24.0 Å². The highest BCUT2D eigenvalue weighted by Crippen LogP contribution is 2.39. The van der Waals surface area contributed by atoms with Crippen LogP contribution in [0.25, 0.3) is 10.9 Å². The van der Waals surface area contributed by atoms with Gasteiger partial charge in [-0.2, -0.15) is 13.2 Å². The second-order valence-corrected chi connectivity index (χ2v) is 12.9. The van der Waals surface area contributed by atoms with Crippen molar-refractivity contribution in [2.45, 2.75) is 62.8 Å². The maximum atomic E-state index is 14.3. The minimum atomic E-state index is -4.93. The minimum absolute atomic E-state index is 0.0206. The highest BCUT2D eigenvalue weighted by Gasteiger charge is 2.38. The van der Waals surface area contributed by atoms with Crippen molar-refractivity contribution in [3.8, 4) is 0 Å². The Morgan fingerprint density at radius 3 is 2.51 bits per heavy atom. The zero-order chi connectivity index (χ0) is 30.3. The monoisotopic (exact) mass is 634 g/mol. The third kappa shape index (κ3) is 6.47. The van der Waals surface area contributed by atoms with E-state index < -0.39 is 61.7 Å². The van der Waals surface area contributed by atoms with Gasteiger partial charge in [-0.05, 0) is 61.2 Å². The van der Waals surface area contributed by atoms with E-state index in [0.29, 0.717) is 23.6 Å². The van der Waals surface area contributed by atoms with Crippen molar-refractivity contribution in [1.82, 2.24) is 20.2 Å². The number of aromatic amines is 1. The lowest BCUT2D eigenvalue weighted by molar-refractivity contribution is -0.138. The Morgan fingerprint density at radius 2 is 1.93 bits per heavy atom. The van der Waals surface area contributed by atoms with E-state index in [2.05, 4.69) is 15.6 Å². The summed E-state index contributed by atoms with van der Waals surface area (Å²) in [5.41, 5.74) is -3.94. The highest BCUT2D eigenvalue weighted by molar-refractivity contribution is 7.91. The first-order valence-electron chi connectivity index (χ1n) is 12.7. The molecule has 0 bridgehead atoms. The van der Waals surface area contributed by atoms with Crippen LogP contribution >= 0.6 is 23.2 Å². The molecule has 15 heteroatoms. The number of carbonyl (C=O) groups excluding carboxylic acids is 1. The van der Waals surface area contributed by atoms with Crippen LogP contribution in [-0.4, -0.2) is 48.3 Å². The summed E-state index contributed by atoms with van der Waals surface area (Å²) in [7, 11) is -3.79. The SMILES string of the molecule is CCS(=O)(=O)c1ccc(Cl)cc1Cn1c(=O)[nH]c2c(Cl)c(C[C@@H](NC(C)=O)C3CCCN3)c(C(F)(F)F)cc2c1=O. The van der Waals surface area contributed by atoms with Crippen molar-refractivity contribution in [2.24, 2.45) is 0 Å². The van der Waals surface area contributed by atoms with Gasteiger partial charge in [-0.25, -0.2) is 13.2 Å². The van der Waals surface area contributed by atoms with Gasteiger partial charge in [0.1, 0.15) is 0 Å². The molecule has 41 heavy (non-hydrogen) atoms. The molecule has 4 rings (SSSR count). The van der Waals surface area contributed by atoms with Crippen LogP contribution in [0.5, 0.6) is 0 Å². The Labute approximate surface area is 243 Å². The number of aromatic nitrogens is 2. The Morgan fingerprint density at radius 1 is 1.22 bits per heavy atom. The summed E-state index contributed by atoms with van der Waals surface area (Å²) in [6, 6.07) is 3.45. The van der Waals surface area contributed by atoms with Gasteiger partial charge < -0.3 is 15.6 Å². The quantitative estimate of drug-likeness (QED) is 0.347. The number of carbonyl (C=O) groups is 1. The van der Waals surface area contributed by atoms with Gasteiger partial charge in [0.05, 0.1) is 38.7 Å². The minimum Gasteiger partial charge on any atom is -0.352 e. The number of H-pyrrole nitrogens is 1. The van der Waals surface area contributed by atoms with Crippen molar-refractivity contribution in [3.63, 3.8) is 0 Å². The van der Waals surface area contributed by atoms with E-state index in [0.717, 1.165) is 6.42 Å². The lowest BCUT2D eigenvalue weighted by Gasteiger charge is -2.27. The molecule has 2 atom stereocenters. The number of nitrogens with zero attached hydrogens (tertiary/aromatic N) is 1. The summed E-state index contributed by atoms with van der Waals surface area (Å²) in [5, 5.41) is 5.01. The predicted octanol–water partition coefficient (Wildman–Crippen LogP) is 3.66. The molecule has 0 spiro atoms. The Hall–Kier alpha value is -2.87. The number of rotatable bonds is 8. The zero-order valence-corrected chi connectivity index (χ0v) is 24.3. The number of sulfone groups is 1. The first-order valence-corrected chi connectivity index (χ1v) is 15.1. The molecule has 1 aromatic heterocycles. The molecule has 3 aromatic rings. The van der Waals surface area contributed by atoms with Crippen LogP contribution in [0.3, 0.4) is 0 Å². The number of benzene rings is 2. The Bertz CT molecular complexity index is 1730. The molecule has 1 unspecified atom stereocenters. The Kier molecular flexibility index (Phi) is 8.93. The zero-order valence-electron chi connectivity index (χ0n) is 22.0. The molecule has 9 nitrogen and oxygen atoms in total. The number of hydrogen-bond acceptors (Lipinski definition) is 6. The van der Waals surface area contributed by atoms with Gasteiger partial charge in [-0.1, -0.05) is 30.1 Å². The average molecular weight is 635 g/mol. The largest absolute Gasteiger partial charge is 0.416 e. The number of fused-ring (bicyclic) bond motifs is 1. The normalized spacial score (nSPS) is 16.7. The molecule has 0 saturated carbocycles. The van der Waals surface area contributed by atoms with E-state index in [1.54, 1.807) is 0 Å². The van der Waals surface area contributed by atoms with E-state index in [1.165, 1.54) is 32.0 Å². The molecule has 0 aliphatic carbocycles. The van der Waals surface area contributed by atoms with Crippen LogP contribution in [0.1, 0.15) is 43.4 Å². The number of nitrogens with one attached hydrogen (secondary N) is 3. The van der Waals surface area contributed by atoms with Crippen LogP contribution in [0.2, 0.25) is 10.0 Å². The van der Waals surface area contributed by atoms with Crippen LogP contribution in [0, 0.1) is 0 Å². The lowest BCUT2D eigenvalue weighted by atomic mass is 9.93. The summed E-state index contributed by atoms with van der Waals surface area (Å²) in [5.74, 6) is -0.704. The van der Waals surface area contributed by atoms with Gasteiger partial charge in [-0.3, -0.25) is 14.2 Å². The lowest BCUT2D eigenvalue weighted by Crippen LogP contribution is -2.48. The van der Waals surface area contributed by atoms with Gasteiger partial charge in [0.25, 0.3) is 5.56 Å². The van der Waals surface area contributed by atoms with Crippen molar-refractivity contribution in [1.29, 1.82) is 0 Å². The smallest absolute Gasteiger partial charge is 0.352 e. The first kappa shape index (κ1) is 31.1. The van der Waals surface area contributed by atoms with Gasteiger partial charge >= 0.3 is 11.9 Å². The fourth-order valence-electron chi connectivity index (χ4n) is 5.12. The standard InChI is InChI=1S/C26H27Cl2F3N4O5S/c1-3-41(39,40)21-7-6-15(27)9-14(21)12-35-24(37)17-10-18(26(29,30)31)16(22(28)23(17)34-25(35)38)11-20(33-13(2)36)19-5-4-8-32-19/h6-7,9-10,19-20,32H,3-5,8,11-12H2,1-2H3,(H,33,36)(H,34,38)/t19?,20-/m1/s1. The summed E-state index contributed by atoms with van der Waals surface area (Å²) >= 11 is 12.5. The average Bonchev–Trinajstić information content (AvgIpc) is 3.42. The van der Waals surface area contributed by atoms with Gasteiger partial charge in [0.2, 0.25) is 5.91 Å². The molecule has 1 aliphatic rings. The molecule has 1 aliphatic heterocycles. The summed E-state index contributed by atoms with van der Waals surface area (Å²) in [4.78, 5) is 40.6. The predicted molar refractivity (Wildman–Crippen MR) is 149 cm³/mol. The van der Waals surface area contributed by atoms with Crippen LogP contribution in [0.4, 0.5) is 13.2 Å². The molecule has 2 heterocycles. The molecule has 222 valence electrons. The number of hydrogen-bond donors (Lipinski definition) is 3. The highest BCUT2D eigenvalue weighted by atomic mass is 35.5. The van der Waals surface area contributed by atoms with Crippen molar-refractivity contribution >= 4 is 49.8 Å². The Balaban J connectivity index is 1.90. The van der Waals surface area contributed by atoms with E-state index >= 15 is 0 Å². The molecule has 2 aromatic carbocycles. The van der Waals surface area contributed by atoms with Crippen LogP contribution in [-0.2, 0) is 33.8 Å². The topological polar surface area (TPSA) is 130 Å². The van der Waals surface area contributed by atoms with Crippen molar-refractivity contribution in [3.05, 3.63) is 71.8 Å². The summed E-state index contributed by atoms with van der Waals surface area (Å²) in [6.45, 7) is 2.74. The van der Waals surface area contributed by atoms with Crippen LogP contribution in [0.15, 0.2) is 38.8 Å². The molecule has 1 fully saturated rings. The van der Waals surface area contributed by atoms with E-state index in [1.807, 2.05) is 0 Å². The van der Waals surface area contributed by atoms with E-state index in [4.69, 9.17) is 23.2 Å². The van der Waals surface area contributed by atoms with E-state index in [9.17, 15) is 36.0 Å². The number of halogens is 5. The van der Waals surface area contributed by atoms with Crippen LogP contribution < -0.4 is 21.9 Å². The molecule has 0 radical (unpaired) electrons. The molecular weight excluding hydrogens is 608 g/mol. The third-order valence-electron chi connectivity index (χ3n) is 7.09. The van der Waals surface area contributed by atoms with Gasteiger partial charge in [-0.15, -0.1) is 0 Å². The molecule has 1 saturated heterocycles.